The molecule has 3 fully saturated rings. The van der Waals surface area contributed by atoms with Gasteiger partial charge in [-0.1, -0.05) is 19.3 Å². The Labute approximate surface area is 151 Å². The van der Waals surface area contributed by atoms with E-state index in [-0.39, 0.29) is 23.8 Å². The van der Waals surface area contributed by atoms with E-state index in [1.807, 2.05) is 16.8 Å². The van der Waals surface area contributed by atoms with Gasteiger partial charge in [-0.25, -0.2) is 0 Å². The van der Waals surface area contributed by atoms with Crippen LogP contribution < -0.4 is 0 Å². The van der Waals surface area contributed by atoms with Crippen LogP contribution in [0.25, 0.3) is 0 Å². The van der Waals surface area contributed by atoms with E-state index in [0.717, 1.165) is 45.2 Å². The fourth-order valence-corrected chi connectivity index (χ4v) is 4.93. The average Bonchev–Trinajstić information content (AvgIpc) is 3.03. The van der Waals surface area contributed by atoms with E-state index in [1.54, 1.807) is 0 Å². The van der Waals surface area contributed by atoms with Crippen molar-refractivity contribution >= 4 is 11.8 Å². The highest BCUT2D eigenvalue weighted by molar-refractivity contribution is 5.84. The van der Waals surface area contributed by atoms with E-state index in [2.05, 4.69) is 4.90 Å². The first kappa shape index (κ1) is 18.6. The Morgan fingerprint density at radius 3 is 2.68 bits per heavy atom. The summed E-state index contributed by atoms with van der Waals surface area (Å²) < 4.78 is 0. The van der Waals surface area contributed by atoms with Crippen LogP contribution in [-0.2, 0) is 9.59 Å². The number of nitrogens with zero attached hydrogens (tertiary/aromatic N) is 3. The van der Waals surface area contributed by atoms with Gasteiger partial charge in [-0.2, -0.15) is 0 Å². The first-order chi connectivity index (χ1) is 12.1. The van der Waals surface area contributed by atoms with Gasteiger partial charge in [0.2, 0.25) is 11.8 Å². The zero-order chi connectivity index (χ0) is 17.9. The van der Waals surface area contributed by atoms with Crippen molar-refractivity contribution < 1.29 is 14.7 Å². The van der Waals surface area contributed by atoms with Gasteiger partial charge >= 0.3 is 0 Å². The molecule has 2 heterocycles. The number of carbonyl (C=O) groups excluding carboxylic acids is 2. The molecule has 0 aromatic heterocycles. The summed E-state index contributed by atoms with van der Waals surface area (Å²) in [4.78, 5) is 31.4. The van der Waals surface area contributed by atoms with Crippen LogP contribution >= 0.6 is 0 Å². The van der Waals surface area contributed by atoms with Crippen molar-refractivity contribution in [3.05, 3.63) is 0 Å². The minimum absolute atomic E-state index is 0.0240. The fraction of sp³-hybridized carbons (Fsp3) is 0.895. The molecule has 3 rings (SSSR count). The third-order valence-corrected chi connectivity index (χ3v) is 6.50. The molecule has 2 amide bonds. The first-order valence-corrected chi connectivity index (χ1v) is 9.94. The van der Waals surface area contributed by atoms with Crippen molar-refractivity contribution in [1.29, 1.82) is 0 Å². The van der Waals surface area contributed by atoms with Crippen LogP contribution in [0.1, 0.15) is 51.4 Å². The third-order valence-electron chi connectivity index (χ3n) is 6.50. The van der Waals surface area contributed by atoms with Crippen molar-refractivity contribution in [2.75, 3.05) is 46.4 Å². The molecule has 0 aromatic carbocycles. The number of aliphatic hydroxyl groups is 1. The Balaban J connectivity index is 1.55. The number of likely N-dealkylation sites (tertiary alicyclic amines) is 2. The number of carbonyl (C=O) groups is 2. The van der Waals surface area contributed by atoms with E-state index in [9.17, 15) is 9.59 Å². The molecule has 1 saturated carbocycles. The molecule has 0 bridgehead atoms. The van der Waals surface area contributed by atoms with Crippen LogP contribution in [-0.4, -0.2) is 84.0 Å². The van der Waals surface area contributed by atoms with Crippen LogP contribution in [0.5, 0.6) is 0 Å². The Bertz CT molecular complexity index is 490. The number of amides is 2. The number of piperidine rings is 1. The largest absolute Gasteiger partial charge is 0.395 e. The highest BCUT2D eigenvalue weighted by atomic mass is 16.3. The van der Waals surface area contributed by atoms with Gasteiger partial charge in [-0.15, -0.1) is 0 Å². The molecule has 2 aliphatic heterocycles. The topological polar surface area (TPSA) is 64.1 Å². The lowest BCUT2D eigenvalue weighted by Gasteiger charge is -2.39. The summed E-state index contributed by atoms with van der Waals surface area (Å²) in [5.74, 6) is 0.378. The number of β-amino-alcohol motifs (C(OH)–C–C–N with tert-alkyl or cyclic N) is 1. The first-order valence-electron chi connectivity index (χ1n) is 9.94. The molecular formula is C19H33N3O3. The van der Waals surface area contributed by atoms with Gasteiger partial charge in [-0.05, 0) is 38.6 Å². The van der Waals surface area contributed by atoms with Crippen LogP contribution in [0, 0.1) is 5.41 Å². The number of hydrogen-bond donors (Lipinski definition) is 1. The predicted molar refractivity (Wildman–Crippen MR) is 96.0 cm³/mol. The predicted octanol–water partition coefficient (Wildman–Crippen LogP) is 1.08. The smallest absolute Gasteiger partial charge is 0.236 e. The summed E-state index contributed by atoms with van der Waals surface area (Å²) in [6.45, 7) is 3.16. The molecule has 6 nitrogen and oxygen atoms in total. The van der Waals surface area contributed by atoms with E-state index < -0.39 is 0 Å². The maximum absolute atomic E-state index is 12.8. The van der Waals surface area contributed by atoms with Gasteiger partial charge in [0.15, 0.2) is 0 Å². The van der Waals surface area contributed by atoms with Crippen molar-refractivity contribution in [3.63, 3.8) is 0 Å². The van der Waals surface area contributed by atoms with Crippen molar-refractivity contribution in [3.8, 4) is 0 Å². The lowest BCUT2D eigenvalue weighted by Crippen LogP contribution is -2.51. The van der Waals surface area contributed by atoms with Gasteiger partial charge in [0.05, 0.1) is 18.6 Å². The lowest BCUT2D eigenvalue weighted by molar-refractivity contribution is -0.146. The SMILES string of the molecule is CN(C(=O)CN1CCC2(CCCN(CCO)C2=O)C1)C1CCCCC1. The number of aliphatic hydroxyl groups excluding tert-OH is 1. The van der Waals surface area contributed by atoms with Gasteiger partial charge in [0.25, 0.3) is 0 Å². The molecule has 0 radical (unpaired) electrons. The van der Waals surface area contributed by atoms with Gasteiger partial charge in [0, 0.05) is 32.7 Å². The van der Waals surface area contributed by atoms with E-state index >= 15 is 0 Å². The zero-order valence-electron chi connectivity index (χ0n) is 15.6. The maximum Gasteiger partial charge on any atom is 0.236 e. The Kier molecular flexibility index (Phi) is 6.00. The standard InChI is InChI=1S/C19H33N3O3/c1-20(16-6-3-2-4-7-16)17(24)14-21-11-9-19(15-21)8-5-10-22(12-13-23)18(19)25/h16,23H,2-15H2,1H3. The van der Waals surface area contributed by atoms with Crippen LogP contribution in [0.2, 0.25) is 0 Å². The lowest BCUT2D eigenvalue weighted by atomic mass is 9.78. The van der Waals surface area contributed by atoms with E-state index in [1.165, 1.54) is 19.3 Å². The Morgan fingerprint density at radius 1 is 1.20 bits per heavy atom. The minimum Gasteiger partial charge on any atom is -0.395 e. The summed E-state index contributed by atoms with van der Waals surface area (Å²) in [6.07, 6.45) is 8.75. The molecule has 1 spiro atoms. The Morgan fingerprint density at radius 2 is 1.96 bits per heavy atom. The highest BCUT2D eigenvalue weighted by Gasteiger charge is 2.48. The quantitative estimate of drug-likeness (QED) is 0.805. The van der Waals surface area contributed by atoms with E-state index in [0.29, 0.717) is 25.7 Å². The molecule has 142 valence electrons. The monoisotopic (exact) mass is 351 g/mol. The molecule has 1 N–H and O–H groups in total. The van der Waals surface area contributed by atoms with Gasteiger partial charge in [-0.3, -0.25) is 14.5 Å². The summed E-state index contributed by atoms with van der Waals surface area (Å²) in [5.41, 5.74) is -0.322. The molecule has 3 aliphatic rings. The van der Waals surface area contributed by atoms with Crippen LogP contribution in [0.15, 0.2) is 0 Å². The normalized spacial score (nSPS) is 28.7. The molecule has 1 atom stereocenters. The van der Waals surface area contributed by atoms with Crippen molar-refractivity contribution in [2.24, 2.45) is 5.41 Å². The highest BCUT2D eigenvalue weighted by Crippen LogP contribution is 2.40. The maximum atomic E-state index is 12.8. The van der Waals surface area contributed by atoms with Crippen molar-refractivity contribution in [1.82, 2.24) is 14.7 Å². The second-order valence-electron chi connectivity index (χ2n) is 8.16. The second-order valence-corrected chi connectivity index (χ2v) is 8.16. The fourth-order valence-electron chi connectivity index (χ4n) is 4.93. The number of rotatable bonds is 5. The molecule has 0 aromatic rings. The number of likely N-dealkylation sites (N-methyl/N-ethyl adjacent to an activating group) is 1. The molecule has 1 unspecified atom stereocenters. The summed E-state index contributed by atoms with van der Waals surface area (Å²) >= 11 is 0. The molecule has 6 heteroatoms. The molecule has 2 saturated heterocycles. The summed E-state index contributed by atoms with van der Waals surface area (Å²) in [5, 5.41) is 9.17. The van der Waals surface area contributed by atoms with Crippen molar-refractivity contribution in [2.45, 2.75) is 57.4 Å². The summed E-state index contributed by atoms with van der Waals surface area (Å²) in [7, 11) is 1.94. The molecule has 25 heavy (non-hydrogen) atoms. The van der Waals surface area contributed by atoms with Gasteiger partial charge < -0.3 is 14.9 Å². The third kappa shape index (κ3) is 4.00. The second kappa shape index (κ2) is 8.04. The molecular weight excluding hydrogens is 318 g/mol. The van der Waals surface area contributed by atoms with Crippen LogP contribution in [0.4, 0.5) is 0 Å². The minimum atomic E-state index is -0.322. The zero-order valence-corrected chi connectivity index (χ0v) is 15.6. The summed E-state index contributed by atoms with van der Waals surface area (Å²) in [6, 6.07) is 0.397. The van der Waals surface area contributed by atoms with Crippen LogP contribution in [0.3, 0.4) is 0 Å². The Hall–Kier alpha value is -1.14. The van der Waals surface area contributed by atoms with E-state index in [4.69, 9.17) is 5.11 Å². The molecule has 1 aliphatic carbocycles. The number of hydrogen-bond acceptors (Lipinski definition) is 4. The van der Waals surface area contributed by atoms with Gasteiger partial charge in [0.1, 0.15) is 0 Å². The average molecular weight is 351 g/mol.